The van der Waals surface area contributed by atoms with Crippen molar-refractivity contribution < 1.29 is 9.21 Å². The number of hydrogen-bond acceptors (Lipinski definition) is 3. The summed E-state index contributed by atoms with van der Waals surface area (Å²) in [5, 5.41) is 0. The van der Waals surface area contributed by atoms with Gasteiger partial charge in [0.15, 0.2) is 0 Å². The van der Waals surface area contributed by atoms with Crippen LogP contribution in [0, 0.1) is 6.92 Å². The van der Waals surface area contributed by atoms with Crippen molar-refractivity contribution in [3.05, 3.63) is 23.7 Å². The first kappa shape index (κ1) is 11.4. The van der Waals surface area contributed by atoms with Crippen LogP contribution >= 0.6 is 0 Å². The topological polar surface area (TPSA) is 33.5 Å². The molecule has 16 heavy (non-hydrogen) atoms. The lowest BCUT2D eigenvalue weighted by Gasteiger charge is -2.29. The summed E-state index contributed by atoms with van der Waals surface area (Å²) in [5.41, 5.74) is 0. The van der Waals surface area contributed by atoms with E-state index in [9.17, 15) is 4.79 Å². The number of ketones is 1. The van der Waals surface area contributed by atoms with Gasteiger partial charge in [-0.2, -0.15) is 0 Å². The van der Waals surface area contributed by atoms with Crippen molar-refractivity contribution in [3.8, 4) is 0 Å². The minimum Gasteiger partial charge on any atom is -0.465 e. The second-order valence-corrected chi connectivity index (χ2v) is 4.70. The minimum absolute atomic E-state index is 0.415. The average Bonchev–Trinajstić information content (AvgIpc) is 2.65. The van der Waals surface area contributed by atoms with Gasteiger partial charge in [0, 0.05) is 18.9 Å². The molecular formula is C13H19NO2. The quantitative estimate of drug-likeness (QED) is 0.786. The number of carbonyl (C=O) groups is 1. The normalized spacial score (nSPS) is 18.3. The zero-order valence-corrected chi connectivity index (χ0v) is 10.0. The Morgan fingerprint density at radius 3 is 2.62 bits per heavy atom. The van der Waals surface area contributed by atoms with Crippen LogP contribution in [-0.2, 0) is 11.3 Å². The summed E-state index contributed by atoms with van der Waals surface area (Å²) in [4.78, 5) is 13.5. The molecule has 0 bridgehead atoms. The van der Waals surface area contributed by atoms with Gasteiger partial charge in [-0.05, 0) is 38.9 Å². The van der Waals surface area contributed by atoms with Crippen LogP contribution in [0.3, 0.4) is 0 Å². The first-order valence-electron chi connectivity index (χ1n) is 5.92. The van der Waals surface area contributed by atoms with E-state index in [1.807, 2.05) is 19.1 Å². The Kier molecular flexibility index (Phi) is 3.44. The Morgan fingerprint density at radius 2 is 2.06 bits per heavy atom. The number of Topliss-reactive ketones (excluding diaryl/α,β-unsaturated/α-hetero) is 1. The van der Waals surface area contributed by atoms with Crippen molar-refractivity contribution in [2.24, 2.45) is 0 Å². The molecule has 1 aliphatic rings. The predicted octanol–water partition coefficient (Wildman–Crippen LogP) is 2.53. The van der Waals surface area contributed by atoms with Crippen LogP contribution in [0.4, 0.5) is 0 Å². The van der Waals surface area contributed by atoms with Gasteiger partial charge in [0.25, 0.3) is 0 Å². The first-order chi connectivity index (χ1) is 7.65. The molecule has 1 aromatic rings. The van der Waals surface area contributed by atoms with Crippen LogP contribution in [0.25, 0.3) is 0 Å². The summed E-state index contributed by atoms with van der Waals surface area (Å²) in [7, 11) is 2.11. The predicted molar refractivity (Wildman–Crippen MR) is 62.2 cm³/mol. The Morgan fingerprint density at radius 1 is 1.38 bits per heavy atom. The van der Waals surface area contributed by atoms with Gasteiger partial charge in [-0.15, -0.1) is 0 Å². The fourth-order valence-corrected chi connectivity index (χ4v) is 2.31. The summed E-state index contributed by atoms with van der Waals surface area (Å²) in [6.45, 7) is 2.80. The van der Waals surface area contributed by atoms with Crippen molar-refractivity contribution in [1.29, 1.82) is 0 Å². The van der Waals surface area contributed by atoms with Crippen molar-refractivity contribution >= 4 is 5.78 Å². The van der Waals surface area contributed by atoms with E-state index >= 15 is 0 Å². The molecule has 1 aromatic heterocycles. The van der Waals surface area contributed by atoms with E-state index in [0.717, 1.165) is 43.7 Å². The van der Waals surface area contributed by atoms with E-state index in [1.54, 1.807) is 0 Å². The number of nitrogens with zero attached hydrogens (tertiary/aromatic N) is 1. The third kappa shape index (κ3) is 2.73. The van der Waals surface area contributed by atoms with Crippen molar-refractivity contribution in [3.63, 3.8) is 0 Å². The fraction of sp³-hybridized carbons (Fsp3) is 0.615. The monoisotopic (exact) mass is 221 g/mol. The summed E-state index contributed by atoms with van der Waals surface area (Å²) < 4.78 is 5.56. The molecule has 1 saturated carbocycles. The van der Waals surface area contributed by atoms with E-state index in [0.29, 0.717) is 11.8 Å². The lowest BCUT2D eigenvalue weighted by Crippen LogP contribution is -2.34. The maximum atomic E-state index is 11.2. The molecule has 3 nitrogen and oxygen atoms in total. The molecule has 1 heterocycles. The SMILES string of the molecule is Cc1ccc(CN(C)C2CCC(=O)CC2)o1. The van der Waals surface area contributed by atoms with Crippen LogP contribution < -0.4 is 0 Å². The van der Waals surface area contributed by atoms with Gasteiger partial charge in [0.1, 0.15) is 17.3 Å². The van der Waals surface area contributed by atoms with Crippen LogP contribution in [0.1, 0.15) is 37.2 Å². The Hall–Kier alpha value is -1.09. The molecule has 0 amide bonds. The molecular weight excluding hydrogens is 202 g/mol. The van der Waals surface area contributed by atoms with Gasteiger partial charge >= 0.3 is 0 Å². The Bertz CT molecular complexity index is 360. The maximum Gasteiger partial charge on any atom is 0.133 e. The number of carbonyl (C=O) groups excluding carboxylic acids is 1. The minimum atomic E-state index is 0.415. The third-order valence-corrected chi connectivity index (χ3v) is 3.34. The zero-order valence-electron chi connectivity index (χ0n) is 10.0. The van der Waals surface area contributed by atoms with Crippen LogP contribution in [0.2, 0.25) is 0 Å². The molecule has 88 valence electrons. The van der Waals surface area contributed by atoms with Gasteiger partial charge in [0.05, 0.1) is 6.54 Å². The molecule has 0 radical (unpaired) electrons. The Labute approximate surface area is 96.4 Å². The largest absolute Gasteiger partial charge is 0.465 e. The summed E-state index contributed by atoms with van der Waals surface area (Å²) in [5.74, 6) is 2.39. The molecule has 0 unspecified atom stereocenters. The summed E-state index contributed by atoms with van der Waals surface area (Å²) in [6.07, 6.45) is 3.47. The van der Waals surface area contributed by atoms with E-state index < -0.39 is 0 Å². The van der Waals surface area contributed by atoms with Gasteiger partial charge in [-0.3, -0.25) is 9.69 Å². The highest BCUT2D eigenvalue weighted by Crippen LogP contribution is 2.21. The van der Waals surface area contributed by atoms with E-state index in [4.69, 9.17) is 4.42 Å². The number of hydrogen-bond donors (Lipinski definition) is 0. The smallest absolute Gasteiger partial charge is 0.133 e. The van der Waals surface area contributed by atoms with E-state index in [2.05, 4.69) is 11.9 Å². The number of rotatable bonds is 3. The molecule has 3 heteroatoms. The van der Waals surface area contributed by atoms with Gasteiger partial charge in [0.2, 0.25) is 0 Å². The maximum absolute atomic E-state index is 11.2. The molecule has 0 saturated heterocycles. The third-order valence-electron chi connectivity index (χ3n) is 3.34. The zero-order chi connectivity index (χ0) is 11.5. The van der Waals surface area contributed by atoms with E-state index in [-0.39, 0.29) is 0 Å². The number of furan rings is 1. The highest BCUT2D eigenvalue weighted by atomic mass is 16.3. The second-order valence-electron chi connectivity index (χ2n) is 4.70. The first-order valence-corrected chi connectivity index (χ1v) is 5.92. The molecule has 0 N–H and O–H groups in total. The van der Waals surface area contributed by atoms with Crippen LogP contribution in [0.5, 0.6) is 0 Å². The van der Waals surface area contributed by atoms with Gasteiger partial charge in [-0.25, -0.2) is 0 Å². The fourth-order valence-electron chi connectivity index (χ4n) is 2.31. The van der Waals surface area contributed by atoms with Gasteiger partial charge < -0.3 is 4.42 Å². The lowest BCUT2D eigenvalue weighted by molar-refractivity contribution is -0.121. The summed E-state index contributed by atoms with van der Waals surface area (Å²) >= 11 is 0. The highest BCUT2D eigenvalue weighted by molar-refractivity contribution is 5.79. The molecule has 2 rings (SSSR count). The molecule has 0 aliphatic heterocycles. The molecule has 0 aromatic carbocycles. The van der Waals surface area contributed by atoms with Crippen LogP contribution in [0.15, 0.2) is 16.5 Å². The second kappa shape index (κ2) is 4.83. The van der Waals surface area contributed by atoms with Gasteiger partial charge in [-0.1, -0.05) is 0 Å². The number of aryl methyl sites for hydroxylation is 1. The van der Waals surface area contributed by atoms with E-state index in [1.165, 1.54) is 0 Å². The highest BCUT2D eigenvalue weighted by Gasteiger charge is 2.22. The standard InChI is InChI=1S/C13H19NO2/c1-10-3-8-13(16-10)9-14(2)11-4-6-12(15)7-5-11/h3,8,11H,4-7,9H2,1-2H3. The molecule has 0 spiro atoms. The van der Waals surface area contributed by atoms with Crippen molar-refractivity contribution in [2.75, 3.05) is 7.05 Å². The van der Waals surface area contributed by atoms with Crippen molar-refractivity contribution in [1.82, 2.24) is 4.90 Å². The van der Waals surface area contributed by atoms with Crippen LogP contribution in [-0.4, -0.2) is 23.8 Å². The summed E-state index contributed by atoms with van der Waals surface area (Å²) in [6, 6.07) is 4.55. The Balaban J connectivity index is 1.88. The molecule has 1 fully saturated rings. The average molecular weight is 221 g/mol. The lowest BCUT2D eigenvalue weighted by atomic mass is 9.93. The van der Waals surface area contributed by atoms with Crippen molar-refractivity contribution in [2.45, 2.75) is 45.2 Å². The molecule has 1 aliphatic carbocycles. The molecule has 0 atom stereocenters.